The highest BCUT2D eigenvalue weighted by molar-refractivity contribution is 5.89. The van der Waals surface area contributed by atoms with E-state index in [0.717, 1.165) is 18.4 Å². The fourth-order valence-corrected chi connectivity index (χ4v) is 2.61. The van der Waals surface area contributed by atoms with Crippen LogP contribution in [-0.4, -0.2) is 29.6 Å². The van der Waals surface area contributed by atoms with Crippen LogP contribution in [0, 0.1) is 22.7 Å². The van der Waals surface area contributed by atoms with Gasteiger partial charge in [0.2, 0.25) is 0 Å². The summed E-state index contributed by atoms with van der Waals surface area (Å²) in [4.78, 5) is 13.8. The van der Waals surface area contributed by atoms with Crippen LogP contribution in [0.1, 0.15) is 62.4 Å². The summed E-state index contributed by atoms with van der Waals surface area (Å²) in [6.07, 6.45) is 1.72. The zero-order chi connectivity index (χ0) is 19.7. The summed E-state index contributed by atoms with van der Waals surface area (Å²) in [5.41, 5.74) is 1.44. The van der Waals surface area contributed by atoms with Gasteiger partial charge in [0.25, 0.3) is 0 Å². The predicted octanol–water partition coefficient (Wildman–Crippen LogP) is 4.39. The van der Waals surface area contributed by atoms with Crippen LogP contribution < -0.4 is 0 Å². The van der Waals surface area contributed by atoms with Crippen LogP contribution in [0.2, 0.25) is 0 Å². The minimum absolute atomic E-state index is 0.153. The summed E-state index contributed by atoms with van der Waals surface area (Å²) in [7, 11) is 0. The van der Waals surface area contributed by atoms with Crippen LogP contribution in [0.5, 0.6) is 0 Å². The molecule has 0 aliphatic rings. The largest absolute Gasteiger partial charge is 0.456 e. The Morgan fingerprint density at radius 3 is 2.35 bits per heavy atom. The van der Waals surface area contributed by atoms with Crippen molar-refractivity contribution in [1.82, 2.24) is 4.90 Å². The quantitative estimate of drug-likeness (QED) is 0.393. The Morgan fingerprint density at radius 1 is 1.27 bits per heavy atom. The van der Waals surface area contributed by atoms with Gasteiger partial charge in [0.1, 0.15) is 23.9 Å². The van der Waals surface area contributed by atoms with Crippen molar-refractivity contribution in [2.24, 2.45) is 0 Å². The van der Waals surface area contributed by atoms with Gasteiger partial charge in [-0.1, -0.05) is 25.6 Å². The SMILES string of the molecule is C=C(C#N)N(CC#N)CCC(CC)c1ccc(C(=O)OC(C)(C)C)cc1. The second kappa shape index (κ2) is 9.63. The number of carbonyl (C=O) groups excluding carboxylic acids is 1. The minimum atomic E-state index is -0.519. The number of nitrogens with zero attached hydrogens (tertiary/aromatic N) is 3. The molecule has 0 aliphatic carbocycles. The van der Waals surface area contributed by atoms with E-state index in [9.17, 15) is 4.79 Å². The number of carbonyl (C=O) groups is 1. The zero-order valence-corrected chi connectivity index (χ0v) is 16.1. The number of ether oxygens (including phenoxy) is 1. The van der Waals surface area contributed by atoms with Crippen LogP contribution in [0.15, 0.2) is 36.5 Å². The third kappa shape index (κ3) is 6.61. The first-order valence-corrected chi connectivity index (χ1v) is 8.76. The van der Waals surface area contributed by atoms with Crippen molar-refractivity contribution < 1.29 is 9.53 Å². The Morgan fingerprint density at radius 2 is 1.88 bits per heavy atom. The van der Waals surface area contributed by atoms with Gasteiger partial charge >= 0.3 is 5.97 Å². The molecule has 1 aromatic rings. The highest BCUT2D eigenvalue weighted by atomic mass is 16.6. The van der Waals surface area contributed by atoms with Gasteiger partial charge in [-0.05, 0) is 57.2 Å². The number of hydrogen-bond donors (Lipinski definition) is 0. The van der Waals surface area contributed by atoms with Crippen molar-refractivity contribution in [2.75, 3.05) is 13.1 Å². The van der Waals surface area contributed by atoms with E-state index in [2.05, 4.69) is 19.6 Å². The van der Waals surface area contributed by atoms with E-state index in [-0.39, 0.29) is 18.4 Å². The van der Waals surface area contributed by atoms with Crippen LogP contribution in [-0.2, 0) is 4.74 Å². The molecule has 1 unspecified atom stereocenters. The molecule has 0 saturated carbocycles. The molecule has 0 aromatic heterocycles. The fraction of sp³-hybridized carbons (Fsp3) is 0.476. The van der Waals surface area contributed by atoms with Crippen molar-refractivity contribution in [3.63, 3.8) is 0 Å². The van der Waals surface area contributed by atoms with Crippen molar-refractivity contribution in [2.45, 2.75) is 52.1 Å². The van der Waals surface area contributed by atoms with Gasteiger partial charge in [-0.15, -0.1) is 0 Å². The number of esters is 1. The highest BCUT2D eigenvalue weighted by Crippen LogP contribution is 2.25. The normalized spacial score (nSPS) is 11.8. The summed E-state index contributed by atoms with van der Waals surface area (Å²) in [6.45, 7) is 12.1. The molecule has 0 saturated heterocycles. The molecule has 0 spiro atoms. The van der Waals surface area contributed by atoms with Crippen molar-refractivity contribution in [3.8, 4) is 12.1 Å². The number of nitriles is 2. The molecule has 138 valence electrons. The molecule has 1 atom stereocenters. The maximum Gasteiger partial charge on any atom is 0.338 e. The molecule has 0 fully saturated rings. The Kier molecular flexibility index (Phi) is 7.87. The zero-order valence-electron chi connectivity index (χ0n) is 16.1. The van der Waals surface area contributed by atoms with Gasteiger partial charge < -0.3 is 9.64 Å². The molecule has 0 heterocycles. The van der Waals surface area contributed by atoms with E-state index >= 15 is 0 Å². The van der Waals surface area contributed by atoms with Gasteiger partial charge in [-0.25, -0.2) is 4.79 Å². The lowest BCUT2D eigenvalue weighted by molar-refractivity contribution is 0.00695. The highest BCUT2D eigenvalue weighted by Gasteiger charge is 2.19. The van der Waals surface area contributed by atoms with E-state index < -0.39 is 5.60 Å². The lowest BCUT2D eigenvalue weighted by Crippen LogP contribution is -2.25. The van der Waals surface area contributed by atoms with Gasteiger partial charge in [0.15, 0.2) is 0 Å². The first-order valence-electron chi connectivity index (χ1n) is 8.76. The molecule has 1 aromatic carbocycles. The number of hydrogen-bond acceptors (Lipinski definition) is 5. The second-order valence-electron chi connectivity index (χ2n) is 7.16. The fourth-order valence-electron chi connectivity index (χ4n) is 2.61. The van der Waals surface area contributed by atoms with Gasteiger partial charge in [-0.2, -0.15) is 10.5 Å². The average molecular weight is 353 g/mol. The van der Waals surface area contributed by atoms with Crippen molar-refractivity contribution in [1.29, 1.82) is 10.5 Å². The molecule has 1 rings (SSSR count). The maximum absolute atomic E-state index is 12.1. The standard InChI is InChI=1S/C21H27N3O2/c1-6-17(11-13-24(14-12-22)16(2)15-23)18-7-9-19(10-8-18)20(25)26-21(3,4)5/h7-10,17H,2,6,11,13-14H2,1,3-5H3. The van der Waals surface area contributed by atoms with Crippen LogP contribution >= 0.6 is 0 Å². The smallest absolute Gasteiger partial charge is 0.338 e. The van der Waals surface area contributed by atoms with Crippen LogP contribution in [0.4, 0.5) is 0 Å². The van der Waals surface area contributed by atoms with E-state index in [0.29, 0.717) is 17.8 Å². The molecule has 0 radical (unpaired) electrons. The second-order valence-corrected chi connectivity index (χ2v) is 7.16. The summed E-state index contributed by atoms with van der Waals surface area (Å²) in [5.74, 6) is -0.0574. The van der Waals surface area contributed by atoms with E-state index in [1.165, 1.54) is 0 Å². The molecule has 26 heavy (non-hydrogen) atoms. The predicted molar refractivity (Wildman–Crippen MR) is 101 cm³/mol. The topological polar surface area (TPSA) is 77.1 Å². The maximum atomic E-state index is 12.1. The van der Waals surface area contributed by atoms with Gasteiger partial charge in [0, 0.05) is 6.54 Å². The first-order chi connectivity index (χ1) is 12.2. The third-order valence-corrected chi connectivity index (χ3v) is 4.03. The molecule has 5 nitrogen and oxygen atoms in total. The van der Waals surface area contributed by atoms with Crippen LogP contribution in [0.25, 0.3) is 0 Å². The van der Waals surface area contributed by atoms with E-state index in [1.54, 1.807) is 17.0 Å². The average Bonchev–Trinajstić information content (AvgIpc) is 2.59. The Balaban J connectivity index is 2.79. The van der Waals surface area contributed by atoms with Gasteiger partial charge in [-0.3, -0.25) is 0 Å². The molecular weight excluding hydrogens is 326 g/mol. The monoisotopic (exact) mass is 353 g/mol. The van der Waals surface area contributed by atoms with Crippen LogP contribution in [0.3, 0.4) is 0 Å². The molecule has 5 heteroatoms. The first kappa shape index (κ1) is 21.3. The van der Waals surface area contributed by atoms with Crippen molar-refractivity contribution >= 4 is 5.97 Å². The third-order valence-electron chi connectivity index (χ3n) is 4.03. The summed E-state index contributed by atoms with van der Waals surface area (Å²) >= 11 is 0. The van der Waals surface area contributed by atoms with E-state index in [4.69, 9.17) is 15.3 Å². The van der Waals surface area contributed by atoms with E-state index in [1.807, 2.05) is 39.0 Å². The minimum Gasteiger partial charge on any atom is -0.456 e. The number of allylic oxidation sites excluding steroid dienone is 1. The molecular formula is C21H27N3O2. The molecule has 0 bridgehead atoms. The lowest BCUT2D eigenvalue weighted by Gasteiger charge is -2.23. The Labute approximate surface area is 156 Å². The number of benzene rings is 1. The Bertz CT molecular complexity index is 703. The summed E-state index contributed by atoms with van der Waals surface area (Å²) in [5, 5.41) is 17.9. The molecule has 0 amide bonds. The molecule has 0 N–H and O–H groups in total. The van der Waals surface area contributed by atoms with Crippen molar-refractivity contribution in [3.05, 3.63) is 47.7 Å². The number of rotatable bonds is 8. The summed E-state index contributed by atoms with van der Waals surface area (Å²) in [6, 6.07) is 11.5. The van der Waals surface area contributed by atoms with Gasteiger partial charge in [0.05, 0.1) is 11.6 Å². The lowest BCUT2D eigenvalue weighted by atomic mass is 9.92. The Hall–Kier alpha value is -2.79. The molecule has 0 aliphatic heterocycles. The summed E-state index contributed by atoms with van der Waals surface area (Å²) < 4.78 is 5.38.